The Labute approximate surface area is 116 Å². The average Bonchev–Trinajstić information content (AvgIpc) is 2.41. The molecule has 1 saturated heterocycles. The number of aliphatic hydroxyl groups is 1. The Hall–Kier alpha value is -0.580. The molecule has 1 heterocycles. The van der Waals surface area contributed by atoms with Crippen molar-refractivity contribution in [3.8, 4) is 5.75 Å². The molecule has 1 N–H and O–H groups in total. The van der Waals surface area contributed by atoms with Gasteiger partial charge in [-0.2, -0.15) is 0 Å². The number of benzene rings is 1. The first-order chi connectivity index (χ1) is 8.72. The molecule has 100 valence electrons. The lowest BCUT2D eigenvalue weighted by Crippen LogP contribution is -2.24. The molecule has 3 nitrogen and oxygen atoms in total. The maximum absolute atomic E-state index is 10.5. The van der Waals surface area contributed by atoms with E-state index >= 15 is 0 Å². The molecule has 0 aromatic heterocycles. The van der Waals surface area contributed by atoms with Gasteiger partial charge >= 0.3 is 0 Å². The first kappa shape index (κ1) is 13.8. The van der Waals surface area contributed by atoms with Crippen LogP contribution in [0.25, 0.3) is 0 Å². The fraction of sp³-hybridized carbons (Fsp3) is 0.571. The van der Waals surface area contributed by atoms with E-state index in [0.717, 1.165) is 35.2 Å². The van der Waals surface area contributed by atoms with Crippen LogP contribution in [0.15, 0.2) is 22.7 Å². The molecule has 0 aliphatic carbocycles. The lowest BCUT2D eigenvalue weighted by atomic mass is 9.90. The van der Waals surface area contributed by atoms with E-state index in [4.69, 9.17) is 9.47 Å². The van der Waals surface area contributed by atoms with Crippen LogP contribution in [0.2, 0.25) is 0 Å². The first-order valence-corrected chi connectivity index (χ1v) is 7.19. The Morgan fingerprint density at radius 3 is 3.06 bits per heavy atom. The molecule has 1 aliphatic heterocycles. The van der Waals surface area contributed by atoms with Crippen molar-refractivity contribution in [3.63, 3.8) is 0 Å². The highest BCUT2D eigenvalue weighted by molar-refractivity contribution is 9.10. The number of rotatable bonds is 4. The predicted octanol–water partition coefficient (Wildman–Crippen LogP) is 3.31. The lowest BCUT2D eigenvalue weighted by molar-refractivity contribution is -0.0109. The van der Waals surface area contributed by atoms with E-state index in [1.54, 1.807) is 0 Å². The topological polar surface area (TPSA) is 38.7 Å². The van der Waals surface area contributed by atoms with E-state index in [1.165, 1.54) is 0 Å². The van der Waals surface area contributed by atoms with Crippen LogP contribution in [0.5, 0.6) is 5.75 Å². The average molecular weight is 315 g/mol. The minimum Gasteiger partial charge on any atom is -0.493 e. The van der Waals surface area contributed by atoms with Crippen LogP contribution in [-0.4, -0.2) is 24.9 Å². The van der Waals surface area contributed by atoms with Gasteiger partial charge in [-0.15, -0.1) is 0 Å². The minimum atomic E-state index is -0.524. The van der Waals surface area contributed by atoms with Gasteiger partial charge in [0.1, 0.15) is 5.75 Å². The highest BCUT2D eigenvalue weighted by atomic mass is 79.9. The van der Waals surface area contributed by atoms with Crippen molar-refractivity contribution in [1.82, 2.24) is 0 Å². The van der Waals surface area contributed by atoms with Gasteiger partial charge in [0.05, 0.1) is 19.3 Å². The highest BCUT2D eigenvalue weighted by Gasteiger charge is 2.26. The van der Waals surface area contributed by atoms with E-state index in [0.29, 0.717) is 13.2 Å². The van der Waals surface area contributed by atoms with Crippen LogP contribution in [0.1, 0.15) is 31.4 Å². The van der Waals surface area contributed by atoms with Crippen molar-refractivity contribution in [2.24, 2.45) is 5.92 Å². The summed E-state index contributed by atoms with van der Waals surface area (Å²) >= 11 is 3.44. The van der Waals surface area contributed by atoms with Crippen LogP contribution in [0.4, 0.5) is 0 Å². The van der Waals surface area contributed by atoms with Gasteiger partial charge in [0.15, 0.2) is 0 Å². The minimum absolute atomic E-state index is 0.159. The Morgan fingerprint density at radius 1 is 1.56 bits per heavy atom. The Bertz CT molecular complexity index is 389. The molecule has 2 unspecified atom stereocenters. The second-order valence-electron chi connectivity index (χ2n) is 4.54. The molecule has 2 rings (SSSR count). The fourth-order valence-electron chi connectivity index (χ4n) is 2.31. The van der Waals surface area contributed by atoms with Gasteiger partial charge in [-0.1, -0.05) is 15.9 Å². The molecule has 0 saturated carbocycles. The van der Waals surface area contributed by atoms with Crippen molar-refractivity contribution >= 4 is 15.9 Å². The third-order valence-corrected chi connectivity index (χ3v) is 3.73. The normalized spacial score (nSPS) is 21.6. The smallest absolute Gasteiger partial charge is 0.125 e. The summed E-state index contributed by atoms with van der Waals surface area (Å²) in [5.74, 6) is 0.922. The fourth-order valence-corrected chi connectivity index (χ4v) is 2.68. The van der Waals surface area contributed by atoms with Crippen molar-refractivity contribution in [3.05, 3.63) is 28.2 Å². The maximum Gasteiger partial charge on any atom is 0.125 e. The zero-order valence-corrected chi connectivity index (χ0v) is 12.1. The molecule has 18 heavy (non-hydrogen) atoms. The third-order valence-electron chi connectivity index (χ3n) is 3.23. The maximum atomic E-state index is 10.5. The van der Waals surface area contributed by atoms with Gasteiger partial charge in [0.2, 0.25) is 0 Å². The molecule has 1 aromatic carbocycles. The van der Waals surface area contributed by atoms with Gasteiger partial charge in [0, 0.05) is 22.6 Å². The molecule has 0 spiro atoms. The summed E-state index contributed by atoms with van der Waals surface area (Å²) in [5.41, 5.74) is 0.849. The zero-order chi connectivity index (χ0) is 13.0. The number of halogens is 1. The third kappa shape index (κ3) is 3.25. The van der Waals surface area contributed by atoms with Gasteiger partial charge in [-0.05, 0) is 38.0 Å². The standard InChI is InChI=1S/C14H19BrO3/c1-2-18-13-6-5-11(15)8-12(13)14(16)10-4-3-7-17-9-10/h5-6,8,10,14,16H,2-4,7,9H2,1H3. The van der Waals surface area contributed by atoms with Gasteiger partial charge in [-0.25, -0.2) is 0 Å². The van der Waals surface area contributed by atoms with E-state index in [-0.39, 0.29) is 5.92 Å². The van der Waals surface area contributed by atoms with Crippen LogP contribution >= 0.6 is 15.9 Å². The molecular weight excluding hydrogens is 296 g/mol. The van der Waals surface area contributed by atoms with Gasteiger partial charge < -0.3 is 14.6 Å². The molecule has 0 amide bonds. The molecule has 2 atom stereocenters. The summed E-state index contributed by atoms with van der Waals surface area (Å²) in [6.45, 7) is 3.98. The SMILES string of the molecule is CCOc1ccc(Br)cc1C(O)C1CCCOC1. The lowest BCUT2D eigenvalue weighted by Gasteiger charge is -2.28. The second-order valence-corrected chi connectivity index (χ2v) is 5.45. The van der Waals surface area contributed by atoms with Crippen molar-refractivity contribution < 1.29 is 14.6 Å². The molecule has 0 radical (unpaired) electrons. The van der Waals surface area contributed by atoms with Gasteiger partial charge in [-0.3, -0.25) is 0 Å². The highest BCUT2D eigenvalue weighted by Crippen LogP contribution is 2.35. The van der Waals surface area contributed by atoms with Crippen molar-refractivity contribution in [2.45, 2.75) is 25.9 Å². The van der Waals surface area contributed by atoms with Crippen LogP contribution in [0.3, 0.4) is 0 Å². The summed E-state index contributed by atoms with van der Waals surface area (Å²) in [6, 6.07) is 5.76. The van der Waals surface area contributed by atoms with Crippen molar-refractivity contribution in [2.75, 3.05) is 19.8 Å². The summed E-state index contributed by atoms with van der Waals surface area (Å²) < 4.78 is 12.0. The molecule has 1 fully saturated rings. The molecule has 1 aromatic rings. The number of aliphatic hydroxyl groups excluding tert-OH is 1. The molecular formula is C14H19BrO3. The molecule has 4 heteroatoms. The largest absolute Gasteiger partial charge is 0.493 e. The Balaban J connectivity index is 2.21. The zero-order valence-electron chi connectivity index (χ0n) is 10.6. The Morgan fingerprint density at radius 2 is 2.39 bits per heavy atom. The van der Waals surface area contributed by atoms with Crippen LogP contribution < -0.4 is 4.74 Å². The Kier molecular flexibility index (Phi) is 5.03. The first-order valence-electron chi connectivity index (χ1n) is 6.40. The predicted molar refractivity (Wildman–Crippen MR) is 73.8 cm³/mol. The van der Waals surface area contributed by atoms with Crippen LogP contribution in [-0.2, 0) is 4.74 Å². The van der Waals surface area contributed by atoms with E-state index in [9.17, 15) is 5.11 Å². The molecule has 0 bridgehead atoms. The monoisotopic (exact) mass is 314 g/mol. The van der Waals surface area contributed by atoms with Crippen LogP contribution in [0, 0.1) is 5.92 Å². The van der Waals surface area contributed by atoms with Gasteiger partial charge in [0.25, 0.3) is 0 Å². The summed E-state index contributed by atoms with van der Waals surface area (Å²) in [7, 11) is 0. The summed E-state index contributed by atoms with van der Waals surface area (Å²) in [4.78, 5) is 0. The van der Waals surface area contributed by atoms with E-state index < -0.39 is 6.10 Å². The number of hydrogen-bond acceptors (Lipinski definition) is 3. The second kappa shape index (κ2) is 6.55. The number of hydrogen-bond donors (Lipinski definition) is 1. The summed E-state index contributed by atoms with van der Waals surface area (Å²) in [6.07, 6.45) is 1.49. The van der Waals surface area contributed by atoms with Crippen molar-refractivity contribution in [1.29, 1.82) is 0 Å². The number of ether oxygens (including phenoxy) is 2. The van der Waals surface area contributed by atoms with E-state index in [1.807, 2.05) is 25.1 Å². The molecule has 1 aliphatic rings. The quantitative estimate of drug-likeness (QED) is 0.926. The summed E-state index contributed by atoms with van der Waals surface area (Å²) in [5, 5.41) is 10.5. The van der Waals surface area contributed by atoms with E-state index in [2.05, 4.69) is 15.9 Å².